The van der Waals surface area contributed by atoms with Gasteiger partial charge in [0, 0.05) is 9.90 Å². The summed E-state index contributed by atoms with van der Waals surface area (Å²) in [5.41, 5.74) is 0. The lowest BCUT2D eigenvalue weighted by molar-refractivity contribution is -0.118. The zero-order chi connectivity index (χ0) is 17.9. The van der Waals surface area contributed by atoms with E-state index < -0.39 is 28.4 Å². The molecule has 1 heterocycles. The maximum Gasteiger partial charge on any atom is 0.265 e. The average Bonchev–Trinajstić information content (AvgIpc) is 2.93. The summed E-state index contributed by atoms with van der Waals surface area (Å²) < 4.78 is 26.1. The van der Waals surface area contributed by atoms with E-state index in [9.17, 15) is 18.0 Å². The average molecular weight is 407 g/mol. The Hall–Kier alpha value is -1.61. The fraction of sp³-hybridized carbons (Fsp3) is 0.143. The summed E-state index contributed by atoms with van der Waals surface area (Å²) in [6.45, 7) is 1.35. The number of aryl methyl sites for hydroxylation is 1. The summed E-state index contributed by atoms with van der Waals surface area (Å²) in [4.78, 5) is 24.7. The topological polar surface area (TPSA) is 92.3 Å². The summed E-state index contributed by atoms with van der Waals surface area (Å²) in [5.74, 6) is -1.35. The van der Waals surface area contributed by atoms with Gasteiger partial charge in [0.05, 0.1) is 16.4 Å². The predicted octanol–water partition coefficient (Wildman–Crippen LogP) is 2.60. The highest BCUT2D eigenvalue weighted by Crippen LogP contribution is 2.24. The maximum absolute atomic E-state index is 12.1. The Morgan fingerprint density at radius 2 is 1.88 bits per heavy atom. The van der Waals surface area contributed by atoms with Gasteiger partial charge in [-0.25, -0.2) is 13.1 Å². The number of thiophene rings is 1. The Morgan fingerprint density at radius 3 is 2.50 bits per heavy atom. The van der Waals surface area contributed by atoms with Crippen LogP contribution >= 0.6 is 34.5 Å². The predicted molar refractivity (Wildman–Crippen MR) is 93.2 cm³/mol. The van der Waals surface area contributed by atoms with E-state index >= 15 is 0 Å². The van der Waals surface area contributed by atoms with E-state index in [-0.39, 0.29) is 14.9 Å². The lowest BCUT2D eigenvalue weighted by Crippen LogP contribution is -2.39. The third-order valence-corrected chi connectivity index (χ3v) is 5.89. The molecule has 1 aromatic heterocycles. The van der Waals surface area contributed by atoms with Gasteiger partial charge in [0.1, 0.15) is 4.90 Å². The van der Waals surface area contributed by atoms with Crippen LogP contribution in [0.2, 0.25) is 10.0 Å². The van der Waals surface area contributed by atoms with Crippen molar-refractivity contribution >= 4 is 56.4 Å². The van der Waals surface area contributed by atoms with Crippen molar-refractivity contribution in [3.05, 3.63) is 50.1 Å². The molecule has 0 saturated carbocycles. The third kappa shape index (κ3) is 4.70. The molecule has 0 aliphatic heterocycles. The number of carbonyl (C=O) groups excluding carboxylic acids is 2. The number of benzene rings is 1. The second-order valence-corrected chi connectivity index (χ2v) is 8.48. The van der Waals surface area contributed by atoms with Gasteiger partial charge in [0.25, 0.3) is 21.8 Å². The molecule has 0 saturated heterocycles. The van der Waals surface area contributed by atoms with Crippen LogP contribution in [0.15, 0.2) is 35.2 Å². The van der Waals surface area contributed by atoms with E-state index in [1.54, 1.807) is 12.1 Å². The number of rotatable bonds is 5. The van der Waals surface area contributed by atoms with Gasteiger partial charge >= 0.3 is 0 Å². The molecule has 2 rings (SSSR count). The van der Waals surface area contributed by atoms with Crippen LogP contribution in [-0.2, 0) is 14.8 Å². The molecule has 0 aliphatic carbocycles. The zero-order valence-corrected chi connectivity index (χ0v) is 15.4. The first kappa shape index (κ1) is 18.7. The van der Waals surface area contributed by atoms with E-state index in [2.05, 4.69) is 5.32 Å². The normalized spacial score (nSPS) is 11.1. The van der Waals surface area contributed by atoms with Crippen molar-refractivity contribution in [2.24, 2.45) is 0 Å². The number of nitrogens with one attached hydrogen (secondary N) is 2. The highest BCUT2D eigenvalue weighted by molar-refractivity contribution is 7.90. The summed E-state index contributed by atoms with van der Waals surface area (Å²) in [5, 5.41) is 2.44. The van der Waals surface area contributed by atoms with Crippen LogP contribution in [0.5, 0.6) is 0 Å². The molecule has 1 aromatic carbocycles. The van der Waals surface area contributed by atoms with Gasteiger partial charge < -0.3 is 5.32 Å². The molecule has 0 aliphatic rings. The fourth-order valence-electron chi connectivity index (χ4n) is 1.73. The molecular formula is C14H12Cl2N2O4S2. The van der Waals surface area contributed by atoms with Crippen LogP contribution in [-0.4, -0.2) is 26.8 Å². The first-order chi connectivity index (χ1) is 11.2. The monoisotopic (exact) mass is 406 g/mol. The van der Waals surface area contributed by atoms with Gasteiger partial charge in [-0.15, -0.1) is 11.3 Å². The van der Waals surface area contributed by atoms with Crippen LogP contribution in [0.25, 0.3) is 0 Å². The summed E-state index contributed by atoms with van der Waals surface area (Å²) in [6, 6.07) is 7.26. The lowest BCUT2D eigenvalue weighted by Gasteiger charge is -2.09. The number of hydrogen-bond donors (Lipinski definition) is 2. The SMILES string of the molecule is Cc1ccc(C(=O)NCC(=O)NS(=O)(=O)c2cc(Cl)ccc2Cl)s1. The first-order valence-corrected chi connectivity index (χ1v) is 9.60. The molecule has 0 unspecified atom stereocenters. The summed E-state index contributed by atoms with van der Waals surface area (Å²) >= 11 is 12.8. The molecular weight excluding hydrogens is 395 g/mol. The minimum atomic E-state index is -4.19. The molecule has 6 nitrogen and oxygen atoms in total. The molecule has 0 radical (unpaired) electrons. The Kier molecular flexibility index (Phi) is 5.87. The van der Waals surface area contributed by atoms with Gasteiger partial charge in [0.15, 0.2) is 0 Å². The van der Waals surface area contributed by atoms with Gasteiger partial charge in [-0.1, -0.05) is 23.2 Å². The quantitative estimate of drug-likeness (QED) is 0.797. The van der Waals surface area contributed by atoms with E-state index in [1.807, 2.05) is 11.6 Å². The van der Waals surface area contributed by atoms with Crippen molar-refractivity contribution in [3.63, 3.8) is 0 Å². The fourth-order valence-corrected chi connectivity index (χ4v) is 4.26. The zero-order valence-electron chi connectivity index (χ0n) is 12.3. The van der Waals surface area contributed by atoms with Crippen molar-refractivity contribution < 1.29 is 18.0 Å². The number of sulfonamides is 1. The number of halogens is 2. The minimum absolute atomic E-state index is 0.0715. The third-order valence-electron chi connectivity index (χ3n) is 2.80. The van der Waals surface area contributed by atoms with Crippen molar-refractivity contribution in [1.82, 2.24) is 10.0 Å². The maximum atomic E-state index is 12.1. The van der Waals surface area contributed by atoms with Gasteiger partial charge in [-0.2, -0.15) is 0 Å². The minimum Gasteiger partial charge on any atom is -0.342 e. The standard InChI is InChI=1S/C14H12Cl2N2O4S2/c1-8-2-5-11(23-8)14(20)17-7-13(19)18-24(21,22)12-6-9(15)3-4-10(12)16/h2-6H,7H2,1H3,(H,17,20)(H,18,19). The van der Waals surface area contributed by atoms with E-state index in [0.717, 1.165) is 10.9 Å². The second-order valence-electron chi connectivity index (χ2n) is 4.70. The van der Waals surface area contributed by atoms with Crippen LogP contribution in [0.1, 0.15) is 14.5 Å². The van der Waals surface area contributed by atoms with Gasteiger partial charge in [-0.3, -0.25) is 9.59 Å². The smallest absolute Gasteiger partial charge is 0.265 e. The van der Waals surface area contributed by atoms with Crippen molar-refractivity contribution in [2.75, 3.05) is 6.54 Å². The molecule has 10 heteroatoms. The highest BCUT2D eigenvalue weighted by Gasteiger charge is 2.21. The van der Waals surface area contributed by atoms with Crippen molar-refractivity contribution in [3.8, 4) is 0 Å². The van der Waals surface area contributed by atoms with Crippen LogP contribution in [0, 0.1) is 6.92 Å². The van der Waals surface area contributed by atoms with Crippen LogP contribution in [0.4, 0.5) is 0 Å². The lowest BCUT2D eigenvalue weighted by atomic mass is 10.4. The molecule has 2 N–H and O–H groups in total. The molecule has 0 spiro atoms. The summed E-state index contributed by atoms with van der Waals surface area (Å²) in [6.07, 6.45) is 0. The Balaban J connectivity index is 2.01. The summed E-state index contributed by atoms with van der Waals surface area (Å²) in [7, 11) is -4.19. The van der Waals surface area contributed by atoms with Gasteiger partial charge in [-0.05, 0) is 37.3 Å². The van der Waals surface area contributed by atoms with E-state index in [0.29, 0.717) is 4.88 Å². The first-order valence-electron chi connectivity index (χ1n) is 6.54. The molecule has 0 bridgehead atoms. The molecule has 2 aromatic rings. The van der Waals surface area contributed by atoms with Crippen molar-refractivity contribution in [1.29, 1.82) is 0 Å². The van der Waals surface area contributed by atoms with E-state index in [1.165, 1.54) is 23.5 Å². The van der Waals surface area contributed by atoms with Crippen LogP contribution < -0.4 is 10.0 Å². The molecule has 24 heavy (non-hydrogen) atoms. The highest BCUT2D eigenvalue weighted by atomic mass is 35.5. The van der Waals surface area contributed by atoms with Crippen molar-refractivity contribution in [2.45, 2.75) is 11.8 Å². The molecule has 0 fully saturated rings. The molecule has 2 amide bonds. The van der Waals surface area contributed by atoms with E-state index in [4.69, 9.17) is 23.2 Å². The Morgan fingerprint density at radius 1 is 1.17 bits per heavy atom. The Labute approximate surface area is 152 Å². The molecule has 0 atom stereocenters. The number of amides is 2. The van der Waals surface area contributed by atoms with Crippen LogP contribution in [0.3, 0.4) is 0 Å². The number of carbonyl (C=O) groups is 2. The number of hydrogen-bond acceptors (Lipinski definition) is 5. The Bertz CT molecular complexity index is 894. The second kappa shape index (κ2) is 7.52. The van der Waals surface area contributed by atoms with Gasteiger partial charge in [0.2, 0.25) is 0 Å². The molecule has 128 valence electrons. The largest absolute Gasteiger partial charge is 0.342 e.